The summed E-state index contributed by atoms with van der Waals surface area (Å²) in [6.45, 7) is 3.65. The number of benzene rings is 2. The first-order chi connectivity index (χ1) is 13.0. The van der Waals surface area contributed by atoms with Gasteiger partial charge in [-0.25, -0.2) is 0 Å². The Morgan fingerprint density at radius 1 is 1.00 bits per heavy atom. The molecular formula is C19H21BrN2O5. The molecule has 8 heteroatoms. The number of hydrazine groups is 1. The highest BCUT2D eigenvalue weighted by Crippen LogP contribution is 2.26. The predicted octanol–water partition coefficient (Wildman–Crippen LogP) is 2.84. The molecule has 0 aliphatic rings. The SMILES string of the molecule is CCOc1ccccc1OCC(=O)NNC(=O)C(C)Oc1ccc(Br)cc1. The fraction of sp³-hybridized carbons (Fsp3) is 0.263. The van der Waals surface area contributed by atoms with E-state index in [1.165, 1.54) is 0 Å². The highest BCUT2D eigenvalue weighted by Gasteiger charge is 2.16. The average Bonchev–Trinajstić information content (AvgIpc) is 2.67. The van der Waals surface area contributed by atoms with Crippen molar-refractivity contribution in [2.75, 3.05) is 13.2 Å². The van der Waals surface area contributed by atoms with Gasteiger partial charge in [-0.15, -0.1) is 0 Å². The molecule has 0 radical (unpaired) electrons. The molecule has 27 heavy (non-hydrogen) atoms. The van der Waals surface area contributed by atoms with Gasteiger partial charge in [-0.2, -0.15) is 0 Å². The lowest BCUT2D eigenvalue weighted by Gasteiger charge is -2.15. The molecule has 0 aromatic heterocycles. The summed E-state index contributed by atoms with van der Waals surface area (Å²) in [4.78, 5) is 23.9. The maximum atomic E-state index is 12.0. The normalized spacial score (nSPS) is 11.2. The van der Waals surface area contributed by atoms with Crippen molar-refractivity contribution < 1.29 is 23.8 Å². The van der Waals surface area contributed by atoms with E-state index < -0.39 is 17.9 Å². The van der Waals surface area contributed by atoms with Gasteiger partial charge in [-0.3, -0.25) is 20.4 Å². The summed E-state index contributed by atoms with van der Waals surface area (Å²) in [6, 6.07) is 14.1. The summed E-state index contributed by atoms with van der Waals surface area (Å²) in [5, 5.41) is 0. The van der Waals surface area contributed by atoms with E-state index >= 15 is 0 Å². The third-order valence-corrected chi connectivity index (χ3v) is 3.86. The molecule has 0 spiro atoms. The Labute approximate surface area is 166 Å². The lowest BCUT2D eigenvalue weighted by molar-refractivity contribution is -0.133. The molecule has 0 aliphatic carbocycles. The minimum Gasteiger partial charge on any atom is -0.490 e. The van der Waals surface area contributed by atoms with Crippen molar-refractivity contribution in [2.45, 2.75) is 20.0 Å². The van der Waals surface area contributed by atoms with E-state index in [2.05, 4.69) is 26.8 Å². The van der Waals surface area contributed by atoms with Crippen LogP contribution in [0.2, 0.25) is 0 Å². The Kier molecular flexibility index (Phi) is 7.94. The topological polar surface area (TPSA) is 85.9 Å². The standard InChI is InChI=1S/C19H21BrN2O5/c1-3-25-16-6-4-5-7-17(16)26-12-18(23)21-22-19(24)13(2)27-15-10-8-14(20)9-11-15/h4-11,13H,3,12H2,1-2H3,(H,21,23)(H,22,24). The van der Waals surface area contributed by atoms with Gasteiger partial charge in [-0.05, 0) is 50.2 Å². The van der Waals surface area contributed by atoms with Crippen LogP contribution in [0, 0.1) is 0 Å². The quantitative estimate of drug-likeness (QED) is 0.621. The summed E-state index contributed by atoms with van der Waals surface area (Å²) in [5.41, 5.74) is 4.59. The highest BCUT2D eigenvalue weighted by atomic mass is 79.9. The lowest BCUT2D eigenvalue weighted by atomic mass is 10.3. The number of hydrogen-bond donors (Lipinski definition) is 2. The van der Waals surface area contributed by atoms with Gasteiger partial charge in [-0.1, -0.05) is 28.1 Å². The van der Waals surface area contributed by atoms with Crippen molar-refractivity contribution >= 4 is 27.7 Å². The Bertz CT molecular complexity index is 767. The zero-order chi connectivity index (χ0) is 19.6. The van der Waals surface area contributed by atoms with Crippen molar-refractivity contribution in [3.05, 3.63) is 53.0 Å². The summed E-state index contributed by atoms with van der Waals surface area (Å²) in [6.07, 6.45) is -0.786. The Morgan fingerprint density at radius 3 is 2.26 bits per heavy atom. The van der Waals surface area contributed by atoms with Gasteiger partial charge in [0.2, 0.25) is 0 Å². The summed E-state index contributed by atoms with van der Waals surface area (Å²) >= 11 is 3.32. The van der Waals surface area contributed by atoms with E-state index in [-0.39, 0.29) is 6.61 Å². The number of para-hydroxylation sites is 2. The van der Waals surface area contributed by atoms with Crippen LogP contribution in [0.25, 0.3) is 0 Å². The van der Waals surface area contributed by atoms with Gasteiger partial charge >= 0.3 is 0 Å². The molecule has 7 nitrogen and oxygen atoms in total. The second-order valence-electron chi connectivity index (χ2n) is 5.42. The fourth-order valence-electron chi connectivity index (χ4n) is 2.03. The van der Waals surface area contributed by atoms with Crippen LogP contribution in [0.4, 0.5) is 0 Å². The minimum atomic E-state index is -0.786. The minimum absolute atomic E-state index is 0.272. The Balaban J connectivity index is 1.76. The third kappa shape index (κ3) is 6.82. The van der Waals surface area contributed by atoms with E-state index in [0.717, 1.165) is 4.47 Å². The molecule has 2 aromatic carbocycles. The number of carbonyl (C=O) groups excluding carboxylic acids is 2. The highest BCUT2D eigenvalue weighted by molar-refractivity contribution is 9.10. The largest absolute Gasteiger partial charge is 0.490 e. The molecule has 0 bridgehead atoms. The number of nitrogens with one attached hydrogen (secondary N) is 2. The van der Waals surface area contributed by atoms with Crippen LogP contribution in [0.3, 0.4) is 0 Å². The molecule has 1 atom stereocenters. The van der Waals surface area contributed by atoms with Gasteiger partial charge < -0.3 is 14.2 Å². The van der Waals surface area contributed by atoms with Crippen LogP contribution >= 0.6 is 15.9 Å². The number of amides is 2. The van der Waals surface area contributed by atoms with Crippen molar-refractivity contribution in [2.24, 2.45) is 0 Å². The molecule has 144 valence electrons. The van der Waals surface area contributed by atoms with Gasteiger partial charge in [0.15, 0.2) is 24.2 Å². The molecule has 0 aliphatic heterocycles. The van der Waals surface area contributed by atoms with Crippen LogP contribution in [-0.2, 0) is 9.59 Å². The molecule has 2 amide bonds. The molecule has 2 aromatic rings. The molecule has 1 unspecified atom stereocenters. The second kappa shape index (κ2) is 10.4. The first-order valence-corrected chi connectivity index (χ1v) is 9.14. The number of carbonyl (C=O) groups is 2. The molecule has 2 rings (SSSR count). The van der Waals surface area contributed by atoms with Gasteiger partial charge in [0.25, 0.3) is 11.8 Å². The maximum absolute atomic E-state index is 12.0. The fourth-order valence-corrected chi connectivity index (χ4v) is 2.29. The monoisotopic (exact) mass is 436 g/mol. The first-order valence-electron chi connectivity index (χ1n) is 8.35. The predicted molar refractivity (Wildman–Crippen MR) is 104 cm³/mol. The molecule has 0 saturated heterocycles. The van der Waals surface area contributed by atoms with Crippen LogP contribution in [0.15, 0.2) is 53.0 Å². The Morgan fingerprint density at radius 2 is 1.63 bits per heavy atom. The van der Waals surface area contributed by atoms with E-state index in [1.54, 1.807) is 49.4 Å². The average molecular weight is 437 g/mol. The Hall–Kier alpha value is -2.74. The van der Waals surface area contributed by atoms with Crippen molar-refractivity contribution in [3.8, 4) is 17.2 Å². The van der Waals surface area contributed by atoms with Crippen molar-refractivity contribution in [3.63, 3.8) is 0 Å². The van der Waals surface area contributed by atoms with Gasteiger partial charge in [0, 0.05) is 4.47 Å². The number of rotatable bonds is 8. The first kappa shape index (κ1) is 20.6. The molecule has 0 saturated carbocycles. The zero-order valence-corrected chi connectivity index (χ0v) is 16.6. The van der Waals surface area contributed by atoms with Crippen molar-refractivity contribution in [1.29, 1.82) is 0 Å². The van der Waals surface area contributed by atoms with Crippen LogP contribution in [-0.4, -0.2) is 31.1 Å². The summed E-state index contributed by atoms with van der Waals surface area (Å²) < 4.78 is 17.3. The molecule has 0 fully saturated rings. The van der Waals surface area contributed by atoms with Gasteiger partial charge in [0.1, 0.15) is 5.75 Å². The van der Waals surface area contributed by atoms with E-state index in [1.807, 2.05) is 13.0 Å². The van der Waals surface area contributed by atoms with Crippen LogP contribution < -0.4 is 25.1 Å². The van der Waals surface area contributed by atoms with Crippen LogP contribution in [0.5, 0.6) is 17.2 Å². The number of ether oxygens (including phenoxy) is 3. The molecule has 2 N–H and O–H groups in total. The second-order valence-corrected chi connectivity index (χ2v) is 6.34. The van der Waals surface area contributed by atoms with Crippen molar-refractivity contribution in [1.82, 2.24) is 10.9 Å². The molecular weight excluding hydrogens is 416 g/mol. The summed E-state index contributed by atoms with van der Waals surface area (Å²) in [7, 11) is 0. The zero-order valence-electron chi connectivity index (χ0n) is 15.0. The van der Waals surface area contributed by atoms with Crippen LogP contribution in [0.1, 0.15) is 13.8 Å². The van der Waals surface area contributed by atoms with E-state index in [0.29, 0.717) is 23.9 Å². The number of hydrogen-bond acceptors (Lipinski definition) is 5. The maximum Gasteiger partial charge on any atom is 0.279 e. The van der Waals surface area contributed by atoms with E-state index in [9.17, 15) is 9.59 Å². The van der Waals surface area contributed by atoms with Gasteiger partial charge in [0.05, 0.1) is 6.61 Å². The third-order valence-electron chi connectivity index (χ3n) is 3.33. The van der Waals surface area contributed by atoms with E-state index in [4.69, 9.17) is 14.2 Å². The lowest BCUT2D eigenvalue weighted by Crippen LogP contribution is -2.48. The summed E-state index contributed by atoms with van der Waals surface area (Å²) in [5.74, 6) is 0.552. The smallest absolute Gasteiger partial charge is 0.279 e. The molecule has 0 heterocycles. The number of halogens is 1.